The molecule has 5 fully saturated rings. The largest absolute Gasteiger partial charge is 0.481 e. The highest BCUT2D eigenvalue weighted by Crippen LogP contribution is 2.77. The molecule has 0 radical (unpaired) electrons. The number of carboxylic acid groups (broad SMARTS) is 1. The highest BCUT2D eigenvalue weighted by molar-refractivity contribution is 7.90. The van der Waals surface area contributed by atoms with Gasteiger partial charge in [-0.05, 0) is 135 Å². The van der Waals surface area contributed by atoms with Gasteiger partial charge in [0.1, 0.15) is 6.10 Å². The molecule has 288 valence electrons. The normalized spacial score (nSPS) is 39.5. The van der Waals surface area contributed by atoms with E-state index in [0.29, 0.717) is 24.7 Å². The van der Waals surface area contributed by atoms with E-state index < -0.39 is 26.8 Å². The summed E-state index contributed by atoms with van der Waals surface area (Å²) >= 11 is 0. The SMILES string of the molecule is C=C(C)[C@@H]1CC[C@]2(C(=O)NS(=O)(=O)c3ccccc3)CC[C@]3(C)[C@H](CC[C@@H]4[C@@]5(C)CC[C@H](OC(=O)CC(C)(C)CC(=O)O)C(C)(C)[C@@H]5CC[C@]43C)[C@@H]12. The quantitative estimate of drug-likeness (QED) is 0.191. The Labute approximate surface area is 312 Å². The summed E-state index contributed by atoms with van der Waals surface area (Å²) in [4.78, 5) is 39.2. The highest BCUT2D eigenvalue weighted by atomic mass is 32.2. The lowest BCUT2D eigenvalue weighted by atomic mass is 9.32. The molecule has 9 heteroatoms. The van der Waals surface area contributed by atoms with E-state index in [2.05, 4.69) is 52.8 Å². The van der Waals surface area contributed by atoms with E-state index in [0.717, 1.165) is 56.9 Å². The van der Waals surface area contributed by atoms with Gasteiger partial charge in [-0.3, -0.25) is 14.4 Å². The molecule has 5 aliphatic rings. The van der Waals surface area contributed by atoms with Crippen molar-refractivity contribution in [2.45, 2.75) is 143 Å². The van der Waals surface area contributed by atoms with Crippen LogP contribution in [0.4, 0.5) is 0 Å². The lowest BCUT2D eigenvalue weighted by Crippen LogP contribution is -2.67. The third-order valence-electron chi connectivity index (χ3n) is 16.3. The maximum absolute atomic E-state index is 14.5. The summed E-state index contributed by atoms with van der Waals surface area (Å²) in [5, 5.41) is 9.33. The summed E-state index contributed by atoms with van der Waals surface area (Å²) < 4.78 is 35.8. The van der Waals surface area contributed by atoms with Crippen molar-refractivity contribution in [2.24, 2.45) is 62.1 Å². The first kappa shape index (κ1) is 39.0. The topological polar surface area (TPSA) is 127 Å². The van der Waals surface area contributed by atoms with E-state index in [9.17, 15) is 27.9 Å². The standard InChI is InChI=1S/C43H63NO7S/c1-27(2)29-17-22-43(37(48)44-52(49,50)28-13-11-10-12-14-28)24-23-41(8)30(36(29)43)15-16-32-40(7)20-19-33(39(5,6)31(40)18-21-42(32,41)9)51-35(47)26-38(3,4)25-34(45)46/h10-14,29-33,36H,1,15-26H2,2-9H3,(H,44,48)(H,45,46)/t29-,30+,31-,32+,33-,36+,40-,41+,42+,43-/m0/s1. The maximum Gasteiger partial charge on any atom is 0.306 e. The minimum Gasteiger partial charge on any atom is -0.481 e. The molecule has 0 unspecified atom stereocenters. The second kappa shape index (κ2) is 13.0. The Morgan fingerprint density at radius 3 is 2.17 bits per heavy atom. The molecule has 0 bridgehead atoms. The van der Waals surface area contributed by atoms with Crippen LogP contribution in [0.15, 0.2) is 47.4 Å². The van der Waals surface area contributed by atoms with Gasteiger partial charge in [-0.25, -0.2) is 13.1 Å². The lowest BCUT2D eigenvalue weighted by Gasteiger charge is -2.72. The molecule has 0 heterocycles. The molecule has 6 rings (SSSR count). The summed E-state index contributed by atoms with van der Waals surface area (Å²) in [5.74, 6) is -0.241. The number of esters is 1. The van der Waals surface area contributed by atoms with E-state index in [-0.39, 0.29) is 75.1 Å². The van der Waals surface area contributed by atoms with Gasteiger partial charge in [0.25, 0.3) is 10.0 Å². The molecule has 0 aromatic heterocycles. The Bertz CT molecular complexity index is 1720. The molecule has 5 aliphatic carbocycles. The first-order chi connectivity index (χ1) is 24.0. The summed E-state index contributed by atoms with van der Waals surface area (Å²) in [6.45, 7) is 22.2. The molecule has 10 atom stereocenters. The number of fused-ring (bicyclic) bond motifs is 7. The molecule has 0 spiro atoms. The van der Waals surface area contributed by atoms with Crippen LogP contribution < -0.4 is 4.72 Å². The van der Waals surface area contributed by atoms with Gasteiger partial charge in [-0.2, -0.15) is 0 Å². The zero-order valence-electron chi connectivity index (χ0n) is 32.8. The predicted molar refractivity (Wildman–Crippen MR) is 201 cm³/mol. The molecule has 2 N–H and O–H groups in total. The lowest BCUT2D eigenvalue weighted by molar-refractivity contribution is -0.249. The van der Waals surface area contributed by atoms with Crippen LogP contribution in [-0.4, -0.2) is 37.5 Å². The van der Waals surface area contributed by atoms with Crippen LogP contribution in [0.5, 0.6) is 0 Å². The van der Waals surface area contributed by atoms with E-state index in [4.69, 9.17) is 4.74 Å². The van der Waals surface area contributed by atoms with Crippen molar-refractivity contribution < 1.29 is 32.6 Å². The number of allylic oxidation sites excluding steroid dienone is 1. The van der Waals surface area contributed by atoms with Crippen molar-refractivity contribution in [1.82, 2.24) is 4.72 Å². The molecular formula is C43H63NO7S. The molecular weight excluding hydrogens is 675 g/mol. The van der Waals surface area contributed by atoms with Crippen LogP contribution >= 0.6 is 0 Å². The number of carbonyl (C=O) groups is 3. The second-order valence-electron chi connectivity index (χ2n) is 19.8. The Morgan fingerprint density at radius 1 is 0.865 bits per heavy atom. The molecule has 0 aliphatic heterocycles. The van der Waals surface area contributed by atoms with Gasteiger partial charge in [-0.1, -0.05) is 78.8 Å². The number of rotatable bonds is 9. The van der Waals surface area contributed by atoms with Gasteiger partial charge in [0.05, 0.1) is 23.2 Å². The summed E-state index contributed by atoms with van der Waals surface area (Å²) in [6, 6.07) is 8.20. The summed E-state index contributed by atoms with van der Waals surface area (Å²) in [6.07, 6.45) is 8.81. The fourth-order valence-corrected chi connectivity index (χ4v) is 14.7. The fraction of sp³-hybridized carbons (Fsp3) is 0.744. The van der Waals surface area contributed by atoms with Gasteiger partial charge in [-0.15, -0.1) is 0 Å². The number of aliphatic carboxylic acids is 1. The molecule has 1 aromatic rings. The van der Waals surface area contributed by atoms with E-state index in [1.54, 1.807) is 18.2 Å². The predicted octanol–water partition coefficient (Wildman–Crippen LogP) is 8.95. The first-order valence-electron chi connectivity index (χ1n) is 19.7. The highest BCUT2D eigenvalue weighted by Gasteiger charge is 2.72. The summed E-state index contributed by atoms with van der Waals surface area (Å²) in [7, 11) is -4.00. The number of ether oxygens (including phenoxy) is 1. The van der Waals surface area contributed by atoms with E-state index in [1.807, 2.05) is 13.8 Å². The van der Waals surface area contributed by atoms with E-state index >= 15 is 0 Å². The summed E-state index contributed by atoms with van der Waals surface area (Å²) in [5.41, 5.74) is -0.510. The average molecular weight is 738 g/mol. The van der Waals surface area contributed by atoms with Crippen molar-refractivity contribution >= 4 is 27.9 Å². The van der Waals surface area contributed by atoms with Crippen LogP contribution in [0.1, 0.15) is 132 Å². The van der Waals surface area contributed by atoms with Gasteiger partial charge in [0, 0.05) is 5.41 Å². The minimum absolute atomic E-state index is 0.0299. The molecule has 5 saturated carbocycles. The fourth-order valence-electron chi connectivity index (χ4n) is 13.7. The van der Waals surface area contributed by atoms with Gasteiger partial charge in [0.15, 0.2) is 0 Å². The van der Waals surface area contributed by atoms with Crippen molar-refractivity contribution in [3.05, 3.63) is 42.5 Å². The maximum atomic E-state index is 14.5. The molecule has 1 aromatic carbocycles. The van der Waals surface area contributed by atoms with Crippen molar-refractivity contribution in [3.8, 4) is 0 Å². The van der Waals surface area contributed by atoms with Crippen LogP contribution in [0.2, 0.25) is 0 Å². The zero-order chi connectivity index (χ0) is 38.3. The third-order valence-corrected chi connectivity index (χ3v) is 17.6. The third kappa shape index (κ3) is 6.07. The Balaban J connectivity index is 1.26. The minimum atomic E-state index is -4.00. The Hall–Kier alpha value is -2.68. The van der Waals surface area contributed by atoms with Gasteiger partial charge in [0.2, 0.25) is 5.91 Å². The van der Waals surface area contributed by atoms with Crippen LogP contribution in [0, 0.1) is 62.1 Å². The zero-order valence-corrected chi connectivity index (χ0v) is 33.7. The smallest absolute Gasteiger partial charge is 0.306 e. The molecule has 8 nitrogen and oxygen atoms in total. The van der Waals surface area contributed by atoms with E-state index in [1.165, 1.54) is 12.1 Å². The monoisotopic (exact) mass is 737 g/mol. The number of benzene rings is 1. The number of carbonyl (C=O) groups excluding carboxylic acids is 2. The van der Waals surface area contributed by atoms with Gasteiger partial charge >= 0.3 is 11.9 Å². The first-order valence-corrected chi connectivity index (χ1v) is 21.2. The van der Waals surface area contributed by atoms with Crippen molar-refractivity contribution in [2.75, 3.05) is 0 Å². The Kier molecular flexibility index (Phi) is 9.74. The number of amides is 1. The van der Waals surface area contributed by atoms with Gasteiger partial charge < -0.3 is 9.84 Å². The number of hydrogen-bond donors (Lipinski definition) is 2. The Morgan fingerprint density at radius 2 is 1.54 bits per heavy atom. The van der Waals surface area contributed by atoms with Crippen LogP contribution in [-0.2, 0) is 29.1 Å². The molecule has 0 saturated heterocycles. The number of sulfonamides is 1. The number of carboxylic acids is 1. The number of hydrogen-bond acceptors (Lipinski definition) is 6. The average Bonchev–Trinajstić information content (AvgIpc) is 3.44. The number of nitrogens with one attached hydrogen (secondary N) is 1. The van der Waals surface area contributed by atoms with Crippen LogP contribution in [0.3, 0.4) is 0 Å². The second-order valence-corrected chi connectivity index (χ2v) is 21.5. The molecule has 52 heavy (non-hydrogen) atoms. The van der Waals surface area contributed by atoms with Crippen molar-refractivity contribution in [1.29, 1.82) is 0 Å². The van der Waals surface area contributed by atoms with Crippen molar-refractivity contribution in [3.63, 3.8) is 0 Å². The molecule has 1 amide bonds. The van der Waals surface area contributed by atoms with Crippen LogP contribution in [0.25, 0.3) is 0 Å².